The number of carbonyl (C=O) groups excluding carboxylic acids is 1. The second-order valence-corrected chi connectivity index (χ2v) is 4.32. The first-order chi connectivity index (χ1) is 9.19. The lowest BCUT2D eigenvalue weighted by atomic mass is 10.1. The molecule has 1 aromatic heterocycles. The smallest absolute Gasteiger partial charge is 0.247 e. The van der Waals surface area contributed by atoms with E-state index in [-0.39, 0.29) is 5.91 Å². The van der Waals surface area contributed by atoms with Crippen molar-refractivity contribution in [3.63, 3.8) is 0 Å². The van der Waals surface area contributed by atoms with E-state index in [2.05, 4.69) is 15.5 Å². The second-order valence-electron chi connectivity index (χ2n) is 4.32. The number of aryl methyl sites for hydroxylation is 1. The third-order valence-corrected chi connectivity index (χ3v) is 2.75. The molecule has 0 spiro atoms. The van der Waals surface area contributed by atoms with Gasteiger partial charge < -0.3 is 9.73 Å². The summed E-state index contributed by atoms with van der Waals surface area (Å²) < 4.78 is 5.55. The van der Waals surface area contributed by atoms with Gasteiger partial charge in [-0.15, -0.1) is 10.2 Å². The van der Waals surface area contributed by atoms with Gasteiger partial charge in [-0.05, 0) is 19.1 Å². The fourth-order valence-corrected chi connectivity index (χ4v) is 1.60. The molecule has 2 aromatic rings. The lowest BCUT2D eigenvalue weighted by molar-refractivity contribution is -0.120. The van der Waals surface area contributed by atoms with E-state index < -0.39 is 0 Å². The summed E-state index contributed by atoms with van der Waals surface area (Å²) in [5.41, 5.74) is 2.09. The number of carbonyl (C=O) groups is 1. The van der Waals surface area contributed by atoms with Crippen molar-refractivity contribution >= 4 is 5.91 Å². The highest BCUT2D eigenvalue weighted by atomic mass is 16.4. The molecular weight excluding hydrogens is 242 g/mol. The van der Waals surface area contributed by atoms with E-state index in [1.807, 2.05) is 38.1 Å². The molecule has 0 fully saturated rings. The number of amides is 1. The average molecular weight is 259 g/mol. The van der Waals surface area contributed by atoms with E-state index in [1.54, 1.807) is 0 Å². The van der Waals surface area contributed by atoms with Crippen molar-refractivity contribution in [3.05, 3.63) is 35.7 Å². The maximum Gasteiger partial charge on any atom is 0.247 e. The van der Waals surface area contributed by atoms with Crippen molar-refractivity contribution in [2.24, 2.45) is 0 Å². The van der Waals surface area contributed by atoms with Gasteiger partial charge in [-0.1, -0.05) is 24.6 Å². The molecule has 19 heavy (non-hydrogen) atoms. The molecule has 0 radical (unpaired) electrons. The van der Waals surface area contributed by atoms with Crippen molar-refractivity contribution in [1.29, 1.82) is 0 Å². The van der Waals surface area contributed by atoms with Crippen LogP contribution in [0.5, 0.6) is 0 Å². The molecule has 5 nitrogen and oxygen atoms in total. The molecule has 5 heteroatoms. The molecule has 0 aliphatic carbocycles. The van der Waals surface area contributed by atoms with Gasteiger partial charge in [0.15, 0.2) is 0 Å². The van der Waals surface area contributed by atoms with Crippen molar-refractivity contribution in [2.45, 2.75) is 26.7 Å². The normalized spacial score (nSPS) is 10.4. The van der Waals surface area contributed by atoms with Crippen molar-refractivity contribution in [1.82, 2.24) is 15.5 Å². The summed E-state index contributed by atoms with van der Waals surface area (Å²) in [6.07, 6.45) is 1.03. The summed E-state index contributed by atoms with van der Waals surface area (Å²) in [5, 5.41) is 10.7. The molecule has 1 aromatic carbocycles. The molecule has 0 saturated heterocycles. The maximum atomic E-state index is 11.1. The van der Waals surface area contributed by atoms with Gasteiger partial charge >= 0.3 is 0 Å². The SMILES string of the molecule is CCC(=O)NCCc1nnc(-c2ccc(C)cc2)o1. The van der Waals surface area contributed by atoms with E-state index in [4.69, 9.17) is 4.42 Å². The van der Waals surface area contributed by atoms with E-state index >= 15 is 0 Å². The lowest BCUT2D eigenvalue weighted by Gasteiger charge is -1.99. The van der Waals surface area contributed by atoms with Crippen LogP contribution in [0.25, 0.3) is 11.5 Å². The standard InChI is InChI=1S/C14H17N3O2/c1-3-12(18)15-9-8-13-16-17-14(19-13)11-6-4-10(2)5-7-11/h4-7H,3,8-9H2,1-2H3,(H,15,18). The Morgan fingerprint density at radius 2 is 2.00 bits per heavy atom. The molecule has 0 atom stereocenters. The van der Waals surface area contributed by atoms with Gasteiger partial charge in [0.2, 0.25) is 17.7 Å². The molecule has 1 heterocycles. The Kier molecular flexibility index (Phi) is 4.28. The van der Waals surface area contributed by atoms with Gasteiger partial charge in [-0.25, -0.2) is 0 Å². The van der Waals surface area contributed by atoms with Crippen LogP contribution in [0, 0.1) is 6.92 Å². The molecule has 0 aliphatic rings. The first kappa shape index (κ1) is 13.3. The third kappa shape index (κ3) is 3.64. The Morgan fingerprint density at radius 1 is 1.26 bits per heavy atom. The van der Waals surface area contributed by atoms with Gasteiger partial charge in [-0.3, -0.25) is 4.79 Å². The second kappa shape index (κ2) is 6.13. The number of rotatable bonds is 5. The molecule has 0 bridgehead atoms. The topological polar surface area (TPSA) is 68.0 Å². The zero-order valence-electron chi connectivity index (χ0n) is 11.1. The summed E-state index contributed by atoms with van der Waals surface area (Å²) in [6.45, 7) is 4.36. The van der Waals surface area contributed by atoms with Gasteiger partial charge in [0, 0.05) is 24.9 Å². The van der Waals surface area contributed by atoms with Gasteiger partial charge in [0.05, 0.1) is 0 Å². The third-order valence-electron chi connectivity index (χ3n) is 2.75. The van der Waals surface area contributed by atoms with E-state index in [0.717, 1.165) is 5.56 Å². The predicted octanol–water partition coefficient (Wildman–Crippen LogP) is 2.11. The number of nitrogens with zero attached hydrogens (tertiary/aromatic N) is 2. The minimum atomic E-state index is 0.0262. The van der Waals surface area contributed by atoms with Crippen LogP contribution in [-0.4, -0.2) is 22.6 Å². The summed E-state index contributed by atoms with van der Waals surface area (Å²) >= 11 is 0. The van der Waals surface area contributed by atoms with Crippen LogP contribution in [-0.2, 0) is 11.2 Å². The molecule has 1 amide bonds. The molecular formula is C14H17N3O2. The van der Waals surface area contributed by atoms with Crippen molar-refractivity contribution < 1.29 is 9.21 Å². The fourth-order valence-electron chi connectivity index (χ4n) is 1.60. The largest absolute Gasteiger partial charge is 0.421 e. The van der Waals surface area contributed by atoms with E-state index in [1.165, 1.54) is 5.56 Å². The highest BCUT2D eigenvalue weighted by Gasteiger charge is 2.08. The summed E-state index contributed by atoms with van der Waals surface area (Å²) in [7, 11) is 0. The molecule has 2 rings (SSSR count). The van der Waals surface area contributed by atoms with Gasteiger partial charge in [0.25, 0.3) is 0 Å². The van der Waals surface area contributed by atoms with Gasteiger partial charge in [0.1, 0.15) is 0 Å². The number of benzene rings is 1. The highest BCUT2D eigenvalue weighted by molar-refractivity contribution is 5.75. The zero-order valence-corrected chi connectivity index (χ0v) is 11.1. The Hall–Kier alpha value is -2.17. The van der Waals surface area contributed by atoms with Crippen LogP contribution in [0.3, 0.4) is 0 Å². The van der Waals surface area contributed by atoms with Crippen LogP contribution in [0.2, 0.25) is 0 Å². The van der Waals surface area contributed by atoms with Gasteiger partial charge in [-0.2, -0.15) is 0 Å². The lowest BCUT2D eigenvalue weighted by Crippen LogP contribution is -2.24. The molecule has 0 unspecified atom stereocenters. The molecule has 1 N–H and O–H groups in total. The Morgan fingerprint density at radius 3 is 2.68 bits per heavy atom. The van der Waals surface area contributed by atoms with Crippen molar-refractivity contribution in [3.8, 4) is 11.5 Å². The monoisotopic (exact) mass is 259 g/mol. The number of nitrogens with one attached hydrogen (secondary N) is 1. The first-order valence-corrected chi connectivity index (χ1v) is 6.35. The molecule has 0 aliphatic heterocycles. The Balaban J connectivity index is 1.95. The Labute approximate surface area is 112 Å². The number of hydrogen-bond donors (Lipinski definition) is 1. The van der Waals surface area contributed by atoms with Crippen LogP contribution < -0.4 is 5.32 Å². The first-order valence-electron chi connectivity index (χ1n) is 6.35. The van der Waals surface area contributed by atoms with Crippen LogP contribution in [0.1, 0.15) is 24.8 Å². The van der Waals surface area contributed by atoms with Crippen molar-refractivity contribution in [2.75, 3.05) is 6.54 Å². The van der Waals surface area contributed by atoms with E-state index in [0.29, 0.717) is 31.2 Å². The predicted molar refractivity (Wildman–Crippen MR) is 71.5 cm³/mol. The molecule has 100 valence electrons. The summed E-state index contributed by atoms with van der Waals surface area (Å²) in [4.78, 5) is 11.1. The quantitative estimate of drug-likeness (QED) is 0.893. The van der Waals surface area contributed by atoms with Crippen LogP contribution in [0.15, 0.2) is 28.7 Å². The summed E-state index contributed by atoms with van der Waals surface area (Å²) in [6, 6.07) is 7.90. The average Bonchev–Trinajstić information content (AvgIpc) is 2.88. The number of hydrogen-bond acceptors (Lipinski definition) is 4. The fraction of sp³-hybridized carbons (Fsp3) is 0.357. The highest BCUT2D eigenvalue weighted by Crippen LogP contribution is 2.18. The zero-order chi connectivity index (χ0) is 13.7. The van der Waals surface area contributed by atoms with Crippen LogP contribution >= 0.6 is 0 Å². The van der Waals surface area contributed by atoms with E-state index in [9.17, 15) is 4.79 Å². The molecule has 0 saturated carbocycles. The van der Waals surface area contributed by atoms with Crippen LogP contribution in [0.4, 0.5) is 0 Å². The Bertz CT molecular complexity index is 546. The summed E-state index contributed by atoms with van der Waals surface area (Å²) in [5.74, 6) is 1.07. The number of aromatic nitrogens is 2. The minimum absolute atomic E-state index is 0.0262. The minimum Gasteiger partial charge on any atom is -0.421 e. The maximum absolute atomic E-state index is 11.1.